The van der Waals surface area contributed by atoms with E-state index in [4.69, 9.17) is 0 Å². The highest BCUT2D eigenvalue weighted by Gasteiger charge is 2.52. The van der Waals surface area contributed by atoms with E-state index < -0.39 is 5.41 Å². The van der Waals surface area contributed by atoms with Crippen LogP contribution in [0.4, 0.5) is 45.5 Å². The Morgan fingerprint density at radius 2 is 0.420 bits per heavy atom. The SMILES string of the molecule is Cc1ccccc1-c1cccc(Nc2ccc3c(c2)C2(c4cc(Nc5cccc(-c6ccccc6C)c5)ccc4-3)c3cc(Nc4cccc(-c5ccccc5C)c4)ccc3-c3ccc(Nc4cccc(-c5ccccc5C)c4)cc32)c1. The van der Waals surface area contributed by atoms with Gasteiger partial charge in [0.05, 0.1) is 5.41 Å². The van der Waals surface area contributed by atoms with Gasteiger partial charge in [0.15, 0.2) is 0 Å². The summed E-state index contributed by atoms with van der Waals surface area (Å²) in [6.45, 7) is 8.73. The Labute approximate surface area is 475 Å². The molecule has 0 saturated carbocycles. The van der Waals surface area contributed by atoms with Crippen molar-refractivity contribution in [2.75, 3.05) is 21.3 Å². The summed E-state index contributed by atoms with van der Waals surface area (Å²) in [6, 6.07) is 97.7. The third kappa shape index (κ3) is 8.92. The molecule has 2 aliphatic rings. The lowest BCUT2D eigenvalue weighted by Crippen LogP contribution is -2.26. The molecule has 4 nitrogen and oxygen atoms in total. The largest absolute Gasteiger partial charge is 0.355 e. The van der Waals surface area contributed by atoms with E-state index in [2.05, 4.69) is 316 Å². The molecule has 1 spiro atoms. The van der Waals surface area contributed by atoms with Crippen molar-refractivity contribution in [1.29, 1.82) is 0 Å². The number of aryl methyl sites for hydroxylation is 4. The Morgan fingerprint density at radius 1 is 0.198 bits per heavy atom. The molecule has 81 heavy (non-hydrogen) atoms. The lowest BCUT2D eigenvalue weighted by Gasteiger charge is -2.32. The lowest BCUT2D eigenvalue weighted by molar-refractivity contribution is 0.795. The molecule has 4 heteroatoms. The first-order valence-electron chi connectivity index (χ1n) is 28.0. The van der Waals surface area contributed by atoms with Crippen molar-refractivity contribution in [2.45, 2.75) is 33.1 Å². The number of benzene rings is 12. The van der Waals surface area contributed by atoms with Crippen LogP contribution in [0.2, 0.25) is 0 Å². The van der Waals surface area contributed by atoms with Crippen LogP contribution >= 0.6 is 0 Å². The third-order valence-electron chi connectivity index (χ3n) is 16.7. The predicted molar refractivity (Wildman–Crippen MR) is 342 cm³/mol. The number of anilines is 8. The van der Waals surface area contributed by atoms with E-state index in [1.807, 2.05) is 0 Å². The number of fused-ring (bicyclic) bond motifs is 10. The van der Waals surface area contributed by atoms with Crippen LogP contribution in [0.3, 0.4) is 0 Å². The van der Waals surface area contributed by atoms with Crippen LogP contribution in [-0.4, -0.2) is 0 Å². The highest BCUT2D eigenvalue weighted by molar-refractivity contribution is 5.98. The van der Waals surface area contributed by atoms with Crippen molar-refractivity contribution in [3.05, 3.63) is 311 Å². The molecule has 12 aromatic carbocycles. The summed E-state index contributed by atoms with van der Waals surface area (Å²) in [5.74, 6) is 0. The average Bonchev–Trinajstić information content (AvgIpc) is 2.49. The molecule has 0 bridgehead atoms. The van der Waals surface area contributed by atoms with Gasteiger partial charge in [-0.05, 0) is 236 Å². The van der Waals surface area contributed by atoms with Crippen LogP contribution in [0.25, 0.3) is 66.8 Å². The molecule has 0 aliphatic heterocycles. The van der Waals surface area contributed by atoms with Crippen LogP contribution in [0, 0.1) is 27.7 Å². The van der Waals surface area contributed by atoms with Gasteiger partial charge in [-0.1, -0.05) is 170 Å². The Bertz CT molecular complexity index is 3860. The van der Waals surface area contributed by atoms with Crippen molar-refractivity contribution < 1.29 is 0 Å². The molecule has 4 N–H and O–H groups in total. The Kier molecular flexibility index (Phi) is 12.3. The fourth-order valence-corrected chi connectivity index (χ4v) is 12.9. The van der Waals surface area contributed by atoms with Gasteiger partial charge in [-0.15, -0.1) is 0 Å². The lowest BCUT2D eigenvalue weighted by atomic mass is 9.70. The minimum Gasteiger partial charge on any atom is -0.355 e. The Hall–Kier alpha value is -10.2. The van der Waals surface area contributed by atoms with Crippen LogP contribution in [0.1, 0.15) is 44.5 Å². The number of rotatable bonds is 12. The molecule has 0 aromatic heterocycles. The van der Waals surface area contributed by atoms with Crippen LogP contribution in [0.15, 0.2) is 267 Å². The van der Waals surface area contributed by atoms with Crippen molar-refractivity contribution in [2.24, 2.45) is 0 Å². The average molecular weight is 1040 g/mol. The molecular formula is C77H60N4. The highest BCUT2D eigenvalue weighted by Crippen LogP contribution is 2.64. The van der Waals surface area contributed by atoms with E-state index in [0.29, 0.717) is 0 Å². The summed E-state index contributed by atoms with van der Waals surface area (Å²) in [5.41, 5.74) is 31.9. The highest BCUT2D eigenvalue weighted by atomic mass is 14.9. The van der Waals surface area contributed by atoms with E-state index in [-0.39, 0.29) is 0 Å². The molecule has 0 radical (unpaired) electrons. The third-order valence-corrected chi connectivity index (χ3v) is 16.7. The van der Waals surface area contributed by atoms with Gasteiger partial charge >= 0.3 is 0 Å². The molecule has 0 heterocycles. The Balaban J connectivity index is 0.948. The molecule has 0 saturated heterocycles. The molecule has 2 aliphatic carbocycles. The maximum atomic E-state index is 3.91. The maximum absolute atomic E-state index is 3.91. The van der Waals surface area contributed by atoms with Gasteiger partial charge in [0.1, 0.15) is 0 Å². The molecular weight excluding hydrogens is 981 g/mol. The van der Waals surface area contributed by atoms with E-state index in [0.717, 1.165) is 45.5 Å². The second-order valence-corrected chi connectivity index (χ2v) is 21.9. The summed E-state index contributed by atoms with van der Waals surface area (Å²) in [5, 5.41) is 15.6. The van der Waals surface area contributed by atoms with Crippen LogP contribution in [0.5, 0.6) is 0 Å². The van der Waals surface area contributed by atoms with E-state index >= 15 is 0 Å². The van der Waals surface area contributed by atoms with E-state index in [1.54, 1.807) is 0 Å². The first-order chi connectivity index (χ1) is 39.7. The summed E-state index contributed by atoms with van der Waals surface area (Å²) in [4.78, 5) is 0. The van der Waals surface area contributed by atoms with Crippen molar-refractivity contribution in [1.82, 2.24) is 0 Å². The van der Waals surface area contributed by atoms with Crippen LogP contribution in [-0.2, 0) is 5.41 Å². The van der Waals surface area contributed by atoms with Gasteiger partial charge in [0.25, 0.3) is 0 Å². The van der Waals surface area contributed by atoms with Gasteiger partial charge in [-0.2, -0.15) is 0 Å². The quantitative estimate of drug-likeness (QED) is 0.0985. The van der Waals surface area contributed by atoms with Gasteiger partial charge in [0.2, 0.25) is 0 Å². The summed E-state index contributed by atoms with van der Waals surface area (Å²) >= 11 is 0. The number of hydrogen-bond donors (Lipinski definition) is 4. The first kappa shape index (κ1) is 49.2. The number of nitrogens with one attached hydrogen (secondary N) is 4. The molecule has 14 rings (SSSR count). The zero-order valence-electron chi connectivity index (χ0n) is 45.9. The molecule has 0 amide bonds. The first-order valence-corrected chi connectivity index (χ1v) is 28.0. The summed E-state index contributed by atoms with van der Waals surface area (Å²) in [6.07, 6.45) is 0. The van der Waals surface area contributed by atoms with E-state index in [9.17, 15) is 0 Å². The minimum absolute atomic E-state index is 0.738. The second-order valence-electron chi connectivity index (χ2n) is 21.9. The number of hydrogen-bond acceptors (Lipinski definition) is 4. The van der Waals surface area contributed by atoms with E-state index in [1.165, 1.54) is 111 Å². The van der Waals surface area contributed by atoms with Gasteiger partial charge in [-0.3, -0.25) is 0 Å². The van der Waals surface area contributed by atoms with Crippen molar-refractivity contribution >= 4 is 45.5 Å². The zero-order chi connectivity index (χ0) is 54.6. The normalized spacial score (nSPS) is 12.3. The summed E-state index contributed by atoms with van der Waals surface area (Å²) in [7, 11) is 0. The minimum atomic E-state index is -0.738. The van der Waals surface area contributed by atoms with Gasteiger partial charge in [-0.25, -0.2) is 0 Å². The van der Waals surface area contributed by atoms with Gasteiger partial charge in [0, 0.05) is 45.5 Å². The Morgan fingerprint density at radius 3 is 0.654 bits per heavy atom. The molecule has 0 unspecified atom stereocenters. The van der Waals surface area contributed by atoms with Crippen LogP contribution < -0.4 is 21.3 Å². The fraction of sp³-hybridized carbons (Fsp3) is 0.0649. The van der Waals surface area contributed by atoms with Gasteiger partial charge < -0.3 is 21.3 Å². The van der Waals surface area contributed by atoms with Crippen molar-refractivity contribution in [3.8, 4) is 66.8 Å². The molecule has 0 fully saturated rings. The molecule has 388 valence electrons. The zero-order valence-corrected chi connectivity index (χ0v) is 45.9. The predicted octanol–water partition coefficient (Wildman–Crippen LogP) is 20.9. The second kappa shape index (κ2) is 20.3. The smallest absolute Gasteiger partial charge is 0.0728 e. The molecule has 0 atom stereocenters. The van der Waals surface area contributed by atoms with Crippen molar-refractivity contribution in [3.63, 3.8) is 0 Å². The summed E-state index contributed by atoms with van der Waals surface area (Å²) < 4.78 is 0. The fourth-order valence-electron chi connectivity index (χ4n) is 12.9. The maximum Gasteiger partial charge on any atom is 0.0728 e. The molecule has 12 aromatic rings. The topological polar surface area (TPSA) is 48.1 Å². The monoisotopic (exact) mass is 1040 g/mol. The standard InChI is InChI=1S/C77H60N4/c1-49-17-5-9-29-65(49)53-21-13-25-57(41-53)78-61-33-37-69-70-38-34-62(79-58-26-14-22-54(42-58)66-30-10-6-18-50(66)2)46-74(70)77(73(69)45-61)75-47-63(80-59-27-15-23-55(43-59)67-31-11-7-19-51(67)3)35-39-71(75)72-40-36-64(48-76(72)77)81-60-28-16-24-56(44-60)68-32-12-8-20-52(68)4/h5-48,78-81H,1-4H3.